The summed E-state index contributed by atoms with van der Waals surface area (Å²) in [4.78, 5) is 12.3. The molecule has 1 atom stereocenters. The minimum atomic E-state index is 0.0173. The van der Waals surface area contributed by atoms with Crippen molar-refractivity contribution in [3.8, 4) is 11.5 Å². The third-order valence-corrected chi connectivity index (χ3v) is 4.78. The van der Waals surface area contributed by atoms with Crippen LogP contribution in [0.3, 0.4) is 0 Å². The van der Waals surface area contributed by atoms with Gasteiger partial charge in [-0.05, 0) is 11.8 Å². The fourth-order valence-corrected chi connectivity index (χ4v) is 3.43. The fourth-order valence-electron chi connectivity index (χ4n) is 3.43. The Morgan fingerprint density at radius 2 is 1.95 bits per heavy atom. The Labute approximate surface area is 131 Å². The largest absolute Gasteiger partial charge is 0.454 e. The molecule has 0 bridgehead atoms. The first-order chi connectivity index (χ1) is 10.6. The van der Waals surface area contributed by atoms with E-state index >= 15 is 0 Å². The zero-order valence-corrected chi connectivity index (χ0v) is 13.1. The van der Waals surface area contributed by atoms with E-state index in [0.717, 1.165) is 0 Å². The number of anilines is 2. The molecule has 1 aliphatic heterocycles. The van der Waals surface area contributed by atoms with E-state index in [0.29, 0.717) is 41.1 Å². The van der Waals surface area contributed by atoms with Crippen LogP contribution in [0.15, 0.2) is 12.1 Å². The lowest BCUT2D eigenvalue weighted by Gasteiger charge is -2.27. The highest BCUT2D eigenvalue weighted by atomic mass is 16.7. The molecule has 5 nitrogen and oxygen atoms in total. The van der Waals surface area contributed by atoms with Gasteiger partial charge in [0.2, 0.25) is 12.7 Å². The second kappa shape index (κ2) is 6.46. The molecule has 5 heteroatoms. The number of benzene rings is 1. The van der Waals surface area contributed by atoms with Gasteiger partial charge in [0.05, 0.1) is 11.4 Å². The molecule has 1 heterocycles. The van der Waals surface area contributed by atoms with Crippen molar-refractivity contribution < 1.29 is 14.3 Å². The normalized spacial score (nSPS) is 19.0. The Kier molecular flexibility index (Phi) is 4.41. The highest BCUT2D eigenvalue weighted by Crippen LogP contribution is 2.38. The number of nitrogens with one attached hydrogen (secondary N) is 1. The molecule has 1 unspecified atom stereocenters. The summed E-state index contributed by atoms with van der Waals surface area (Å²) in [5.41, 5.74) is 7.07. The van der Waals surface area contributed by atoms with Gasteiger partial charge in [-0.1, -0.05) is 39.0 Å². The smallest absolute Gasteiger partial charge is 0.231 e. The minimum Gasteiger partial charge on any atom is -0.454 e. The molecular formula is C17H24N2O3. The van der Waals surface area contributed by atoms with Gasteiger partial charge in [-0.25, -0.2) is 0 Å². The van der Waals surface area contributed by atoms with Crippen molar-refractivity contribution in [3.63, 3.8) is 0 Å². The second-order valence-corrected chi connectivity index (χ2v) is 6.42. The molecule has 120 valence electrons. The Morgan fingerprint density at radius 1 is 1.27 bits per heavy atom. The van der Waals surface area contributed by atoms with Gasteiger partial charge < -0.3 is 20.5 Å². The standard InChI is InChI=1S/C17H24N2O3/c1-11(12-5-3-2-4-6-12)7-17(20)19-14-9-16-15(8-13(14)18)21-10-22-16/h8-9,11-12H,2-7,10,18H2,1H3,(H,19,20). The van der Waals surface area contributed by atoms with Crippen LogP contribution in [0.2, 0.25) is 0 Å². The first kappa shape index (κ1) is 15.0. The number of hydrogen-bond acceptors (Lipinski definition) is 4. The molecule has 1 aromatic rings. The molecule has 1 fully saturated rings. The van der Waals surface area contributed by atoms with Crippen LogP contribution >= 0.6 is 0 Å². The van der Waals surface area contributed by atoms with Crippen molar-refractivity contribution >= 4 is 17.3 Å². The minimum absolute atomic E-state index is 0.0173. The maximum atomic E-state index is 12.3. The number of fused-ring (bicyclic) bond motifs is 1. The van der Waals surface area contributed by atoms with Gasteiger partial charge in [0.15, 0.2) is 11.5 Å². The van der Waals surface area contributed by atoms with E-state index in [9.17, 15) is 4.79 Å². The van der Waals surface area contributed by atoms with Crippen LogP contribution in [0.4, 0.5) is 11.4 Å². The highest BCUT2D eigenvalue weighted by molar-refractivity contribution is 5.94. The van der Waals surface area contributed by atoms with Crippen LogP contribution in [-0.2, 0) is 4.79 Å². The van der Waals surface area contributed by atoms with E-state index in [1.54, 1.807) is 12.1 Å². The quantitative estimate of drug-likeness (QED) is 0.834. The van der Waals surface area contributed by atoms with E-state index in [1.165, 1.54) is 32.1 Å². The van der Waals surface area contributed by atoms with E-state index < -0.39 is 0 Å². The van der Waals surface area contributed by atoms with Gasteiger partial charge in [-0.15, -0.1) is 0 Å². The predicted molar refractivity (Wildman–Crippen MR) is 86.0 cm³/mol. The maximum Gasteiger partial charge on any atom is 0.231 e. The maximum absolute atomic E-state index is 12.3. The molecule has 1 amide bonds. The molecule has 0 spiro atoms. The van der Waals surface area contributed by atoms with Crippen molar-refractivity contribution in [2.75, 3.05) is 17.8 Å². The third-order valence-electron chi connectivity index (χ3n) is 4.78. The van der Waals surface area contributed by atoms with Crippen molar-refractivity contribution in [2.45, 2.75) is 45.4 Å². The molecule has 22 heavy (non-hydrogen) atoms. The third kappa shape index (κ3) is 3.29. The van der Waals surface area contributed by atoms with Crippen molar-refractivity contribution in [2.24, 2.45) is 11.8 Å². The lowest BCUT2D eigenvalue weighted by atomic mass is 9.79. The average Bonchev–Trinajstić information content (AvgIpc) is 2.95. The van der Waals surface area contributed by atoms with Gasteiger partial charge in [-0.2, -0.15) is 0 Å². The summed E-state index contributed by atoms with van der Waals surface area (Å²) in [6.07, 6.45) is 6.97. The topological polar surface area (TPSA) is 73.6 Å². The van der Waals surface area contributed by atoms with E-state index in [-0.39, 0.29) is 12.7 Å². The van der Waals surface area contributed by atoms with Crippen molar-refractivity contribution in [1.82, 2.24) is 0 Å². The zero-order valence-electron chi connectivity index (χ0n) is 13.1. The second-order valence-electron chi connectivity index (χ2n) is 6.42. The summed E-state index contributed by atoms with van der Waals surface area (Å²) in [6, 6.07) is 3.43. The van der Waals surface area contributed by atoms with Gasteiger partial charge >= 0.3 is 0 Å². The van der Waals surface area contributed by atoms with Crippen molar-refractivity contribution in [1.29, 1.82) is 0 Å². The molecule has 3 N–H and O–H groups in total. The zero-order chi connectivity index (χ0) is 15.5. The summed E-state index contributed by atoms with van der Waals surface area (Å²) >= 11 is 0. The molecule has 1 aromatic carbocycles. The monoisotopic (exact) mass is 304 g/mol. The number of nitrogen functional groups attached to an aromatic ring is 1. The first-order valence-electron chi connectivity index (χ1n) is 8.12. The molecule has 0 saturated heterocycles. The van der Waals surface area contributed by atoms with Crippen LogP contribution in [0.1, 0.15) is 45.4 Å². The van der Waals surface area contributed by atoms with Gasteiger partial charge in [0.1, 0.15) is 0 Å². The predicted octanol–water partition coefficient (Wildman–Crippen LogP) is 3.54. The van der Waals surface area contributed by atoms with Gasteiger partial charge in [0.25, 0.3) is 0 Å². The van der Waals surface area contributed by atoms with Crippen LogP contribution < -0.4 is 20.5 Å². The molecule has 3 rings (SSSR count). The number of rotatable bonds is 4. The summed E-state index contributed by atoms with van der Waals surface area (Å²) in [6.45, 7) is 2.38. The molecule has 1 saturated carbocycles. The molecule has 2 aliphatic rings. The summed E-state index contributed by atoms with van der Waals surface area (Å²) in [5.74, 6) is 2.36. The molecule has 0 aromatic heterocycles. The number of carbonyl (C=O) groups is 1. The number of carbonyl (C=O) groups excluding carboxylic acids is 1. The van der Waals surface area contributed by atoms with E-state index in [4.69, 9.17) is 15.2 Å². The summed E-state index contributed by atoms with van der Waals surface area (Å²) < 4.78 is 10.6. The Balaban J connectivity index is 1.59. The summed E-state index contributed by atoms with van der Waals surface area (Å²) in [5, 5.41) is 2.91. The number of hydrogen-bond donors (Lipinski definition) is 2. The molecule has 1 aliphatic carbocycles. The van der Waals surface area contributed by atoms with E-state index in [2.05, 4.69) is 12.2 Å². The SMILES string of the molecule is CC(CC(=O)Nc1cc2c(cc1N)OCO2)C1CCCCC1. The Morgan fingerprint density at radius 3 is 2.68 bits per heavy atom. The van der Waals surface area contributed by atoms with E-state index in [1.807, 2.05) is 0 Å². The molecular weight excluding hydrogens is 280 g/mol. The average molecular weight is 304 g/mol. The first-order valence-corrected chi connectivity index (χ1v) is 8.12. The van der Waals surface area contributed by atoms with Crippen LogP contribution in [-0.4, -0.2) is 12.7 Å². The number of ether oxygens (including phenoxy) is 2. The Hall–Kier alpha value is -1.91. The van der Waals surface area contributed by atoms with Crippen LogP contribution in [0, 0.1) is 11.8 Å². The highest BCUT2D eigenvalue weighted by Gasteiger charge is 2.23. The van der Waals surface area contributed by atoms with Crippen LogP contribution in [0.5, 0.6) is 11.5 Å². The molecule has 0 radical (unpaired) electrons. The summed E-state index contributed by atoms with van der Waals surface area (Å²) in [7, 11) is 0. The van der Waals surface area contributed by atoms with Crippen LogP contribution in [0.25, 0.3) is 0 Å². The fraction of sp³-hybridized carbons (Fsp3) is 0.588. The number of nitrogens with two attached hydrogens (primary N) is 1. The Bertz CT molecular complexity index is 553. The van der Waals surface area contributed by atoms with Gasteiger partial charge in [-0.3, -0.25) is 4.79 Å². The lowest BCUT2D eigenvalue weighted by molar-refractivity contribution is -0.117. The van der Waals surface area contributed by atoms with Gasteiger partial charge in [0, 0.05) is 18.6 Å². The number of amides is 1. The van der Waals surface area contributed by atoms with Crippen molar-refractivity contribution in [3.05, 3.63) is 12.1 Å². The lowest BCUT2D eigenvalue weighted by Crippen LogP contribution is -2.22.